The van der Waals surface area contributed by atoms with Crippen LogP contribution in [0.15, 0.2) is 30.3 Å². The van der Waals surface area contributed by atoms with Crippen molar-refractivity contribution < 1.29 is 4.79 Å². The van der Waals surface area contributed by atoms with Gasteiger partial charge in [0, 0.05) is 25.0 Å². The van der Waals surface area contributed by atoms with Crippen molar-refractivity contribution in [3.63, 3.8) is 0 Å². The van der Waals surface area contributed by atoms with Gasteiger partial charge in [-0.05, 0) is 38.4 Å². The molecule has 2 rings (SSSR count). The van der Waals surface area contributed by atoms with Crippen LogP contribution in [0.3, 0.4) is 0 Å². The normalized spacial score (nSPS) is 17.3. The summed E-state index contributed by atoms with van der Waals surface area (Å²) in [7, 11) is 0. The molecule has 1 aliphatic rings. The van der Waals surface area contributed by atoms with E-state index in [-0.39, 0.29) is 42.8 Å². The van der Waals surface area contributed by atoms with Gasteiger partial charge < -0.3 is 16.0 Å². The Hall–Kier alpha value is -0.810. The Morgan fingerprint density at radius 2 is 1.78 bits per heavy atom. The summed E-state index contributed by atoms with van der Waals surface area (Å²) in [5.74, 6) is 0.0378. The summed E-state index contributed by atoms with van der Waals surface area (Å²) in [5, 5.41) is 3.07. The fourth-order valence-electron chi connectivity index (χ4n) is 2.93. The van der Waals surface area contributed by atoms with Crippen LogP contribution in [0.4, 0.5) is 0 Å². The zero-order valence-electron chi connectivity index (χ0n) is 13.7. The van der Waals surface area contributed by atoms with Crippen molar-refractivity contribution >= 4 is 30.7 Å². The zero-order valence-corrected chi connectivity index (χ0v) is 15.4. The van der Waals surface area contributed by atoms with Gasteiger partial charge in [0.1, 0.15) is 0 Å². The lowest BCUT2D eigenvalue weighted by Gasteiger charge is -2.29. The Morgan fingerprint density at radius 3 is 2.39 bits per heavy atom. The minimum Gasteiger partial charge on any atom is -0.352 e. The van der Waals surface area contributed by atoms with E-state index in [0.29, 0.717) is 6.42 Å². The summed E-state index contributed by atoms with van der Waals surface area (Å²) in [6.07, 6.45) is 4.23. The van der Waals surface area contributed by atoms with E-state index < -0.39 is 0 Å². The summed E-state index contributed by atoms with van der Waals surface area (Å²) in [4.78, 5) is 14.5. The van der Waals surface area contributed by atoms with E-state index in [9.17, 15) is 4.79 Å². The summed E-state index contributed by atoms with van der Waals surface area (Å²) < 4.78 is 0. The molecule has 6 heteroatoms. The molecule has 0 aromatic heterocycles. The average molecular weight is 362 g/mol. The second kappa shape index (κ2) is 11.7. The van der Waals surface area contributed by atoms with Crippen LogP contribution in [-0.2, 0) is 4.79 Å². The van der Waals surface area contributed by atoms with E-state index in [0.717, 1.165) is 25.2 Å². The van der Waals surface area contributed by atoms with Crippen LogP contribution in [-0.4, -0.2) is 36.5 Å². The van der Waals surface area contributed by atoms with Crippen molar-refractivity contribution in [1.82, 2.24) is 10.2 Å². The fourth-order valence-corrected chi connectivity index (χ4v) is 2.93. The lowest BCUT2D eigenvalue weighted by molar-refractivity contribution is -0.122. The van der Waals surface area contributed by atoms with Gasteiger partial charge >= 0.3 is 0 Å². The standard InChI is InChI=1S/C17H27N3O.2ClH/c1-14(13-20-10-6-3-7-11-20)19-17(21)12-16(18)15-8-4-2-5-9-15;;/h2,4-5,8-9,14,16H,3,6-7,10-13,18H2,1H3,(H,19,21);2*1H. The number of nitrogens with zero attached hydrogens (tertiary/aromatic N) is 1. The molecule has 1 saturated heterocycles. The highest BCUT2D eigenvalue weighted by Crippen LogP contribution is 2.13. The number of piperidine rings is 1. The summed E-state index contributed by atoms with van der Waals surface area (Å²) >= 11 is 0. The second-order valence-corrected chi connectivity index (χ2v) is 6.05. The van der Waals surface area contributed by atoms with E-state index >= 15 is 0 Å². The third kappa shape index (κ3) is 8.02. The van der Waals surface area contributed by atoms with Gasteiger partial charge in [-0.25, -0.2) is 0 Å². The van der Waals surface area contributed by atoms with E-state index in [4.69, 9.17) is 5.73 Å². The van der Waals surface area contributed by atoms with Crippen LogP contribution < -0.4 is 11.1 Å². The molecule has 1 fully saturated rings. The highest BCUT2D eigenvalue weighted by molar-refractivity contribution is 5.85. The lowest BCUT2D eigenvalue weighted by atomic mass is 10.0. The van der Waals surface area contributed by atoms with Gasteiger partial charge in [0.05, 0.1) is 0 Å². The lowest BCUT2D eigenvalue weighted by Crippen LogP contribution is -2.44. The number of rotatable bonds is 6. The first kappa shape index (κ1) is 22.2. The maximum absolute atomic E-state index is 12.1. The number of benzene rings is 1. The smallest absolute Gasteiger partial charge is 0.222 e. The number of halogens is 2. The third-order valence-electron chi connectivity index (χ3n) is 4.02. The molecule has 2 unspecified atom stereocenters. The van der Waals surface area contributed by atoms with Crippen LogP contribution in [0.2, 0.25) is 0 Å². The molecular formula is C17H29Cl2N3O. The number of carbonyl (C=O) groups excluding carboxylic acids is 1. The first-order valence-electron chi connectivity index (χ1n) is 7.97. The molecule has 0 radical (unpaired) electrons. The summed E-state index contributed by atoms with van der Waals surface area (Å²) in [6, 6.07) is 9.74. The Balaban J connectivity index is 0.00000242. The third-order valence-corrected chi connectivity index (χ3v) is 4.02. The molecule has 0 saturated carbocycles. The maximum atomic E-state index is 12.1. The molecule has 1 amide bonds. The fraction of sp³-hybridized carbons (Fsp3) is 0.588. The molecule has 3 N–H and O–H groups in total. The number of nitrogens with two attached hydrogens (primary N) is 1. The quantitative estimate of drug-likeness (QED) is 0.818. The largest absolute Gasteiger partial charge is 0.352 e. The molecule has 1 aromatic rings. The van der Waals surface area contributed by atoms with Crippen molar-refractivity contribution in [2.24, 2.45) is 5.73 Å². The minimum absolute atomic E-state index is 0. The van der Waals surface area contributed by atoms with Crippen LogP contribution in [0.25, 0.3) is 0 Å². The molecule has 132 valence electrons. The highest BCUT2D eigenvalue weighted by atomic mass is 35.5. The van der Waals surface area contributed by atoms with Gasteiger partial charge in [-0.15, -0.1) is 24.8 Å². The average Bonchev–Trinajstić information content (AvgIpc) is 2.48. The van der Waals surface area contributed by atoms with Crippen molar-refractivity contribution in [1.29, 1.82) is 0 Å². The van der Waals surface area contributed by atoms with Gasteiger partial charge in [-0.1, -0.05) is 36.8 Å². The maximum Gasteiger partial charge on any atom is 0.222 e. The second-order valence-electron chi connectivity index (χ2n) is 6.05. The number of hydrogen-bond donors (Lipinski definition) is 2. The Kier molecular flexibility index (Phi) is 11.3. The van der Waals surface area contributed by atoms with E-state index in [2.05, 4.69) is 17.1 Å². The van der Waals surface area contributed by atoms with Crippen LogP contribution in [0, 0.1) is 0 Å². The van der Waals surface area contributed by atoms with Gasteiger partial charge in [0.2, 0.25) is 5.91 Å². The van der Waals surface area contributed by atoms with Crippen LogP contribution in [0.1, 0.15) is 44.2 Å². The first-order valence-corrected chi connectivity index (χ1v) is 7.97. The SMILES string of the molecule is CC(CN1CCCCC1)NC(=O)CC(N)c1ccccc1.Cl.Cl. The van der Waals surface area contributed by atoms with Crippen molar-refractivity contribution in [3.05, 3.63) is 35.9 Å². The van der Waals surface area contributed by atoms with Gasteiger partial charge in [-0.2, -0.15) is 0 Å². The van der Waals surface area contributed by atoms with E-state index in [1.165, 1.54) is 19.3 Å². The summed E-state index contributed by atoms with van der Waals surface area (Å²) in [6.45, 7) is 5.32. The Bertz CT molecular complexity index is 439. The highest BCUT2D eigenvalue weighted by Gasteiger charge is 2.16. The van der Waals surface area contributed by atoms with Gasteiger partial charge in [-0.3, -0.25) is 4.79 Å². The van der Waals surface area contributed by atoms with E-state index in [1.807, 2.05) is 30.3 Å². The number of nitrogens with one attached hydrogen (secondary N) is 1. The Labute approximate surface area is 152 Å². The molecule has 0 aliphatic carbocycles. The van der Waals surface area contributed by atoms with Gasteiger partial charge in [0.15, 0.2) is 0 Å². The monoisotopic (exact) mass is 361 g/mol. The molecule has 0 spiro atoms. The predicted molar refractivity (Wildman–Crippen MR) is 100 cm³/mol. The topological polar surface area (TPSA) is 58.4 Å². The first-order chi connectivity index (χ1) is 10.1. The molecule has 2 atom stereocenters. The Morgan fingerprint density at radius 1 is 1.17 bits per heavy atom. The molecule has 23 heavy (non-hydrogen) atoms. The summed E-state index contributed by atoms with van der Waals surface area (Å²) in [5.41, 5.74) is 7.10. The van der Waals surface area contributed by atoms with E-state index in [1.54, 1.807) is 0 Å². The minimum atomic E-state index is -0.228. The molecule has 1 aliphatic heterocycles. The number of amides is 1. The van der Waals surface area contributed by atoms with Crippen LogP contribution >= 0.6 is 24.8 Å². The van der Waals surface area contributed by atoms with Gasteiger partial charge in [0.25, 0.3) is 0 Å². The van der Waals surface area contributed by atoms with Crippen molar-refractivity contribution in [2.45, 2.75) is 44.7 Å². The molecular weight excluding hydrogens is 333 g/mol. The van der Waals surface area contributed by atoms with Crippen LogP contribution in [0.5, 0.6) is 0 Å². The van der Waals surface area contributed by atoms with Crippen molar-refractivity contribution in [3.8, 4) is 0 Å². The predicted octanol–water partition coefficient (Wildman–Crippen LogP) is 2.91. The molecule has 4 nitrogen and oxygen atoms in total. The number of carbonyl (C=O) groups is 1. The molecule has 1 aromatic carbocycles. The number of likely N-dealkylation sites (tertiary alicyclic amines) is 1. The molecule has 1 heterocycles. The molecule has 0 bridgehead atoms. The zero-order chi connectivity index (χ0) is 15.1. The number of hydrogen-bond acceptors (Lipinski definition) is 3. The van der Waals surface area contributed by atoms with Crippen molar-refractivity contribution in [2.75, 3.05) is 19.6 Å².